The fraction of sp³-hybridized carbons (Fsp3) is 1.00. The van der Waals surface area contributed by atoms with E-state index in [-0.39, 0.29) is 6.17 Å². The molecule has 4 heteroatoms. The Morgan fingerprint density at radius 1 is 1.08 bits per heavy atom. The van der Waals surface area contributed by atoms with Crippen LogP contribution in [0.3, 0.4) is 0 Å². The van der Waals surface area contributed by atoms with Gasteiger partial charge in [0, 0.05) is 28.6 Å². The van der Waals surface area contributed by atoms with Crippen LogP contribution in [0.15, 0.2) is 0 Å². The largest absolute Gasteiger partial charge is 0.383 e. The average Bonchev–Trinajstić information content (AvgIpc) is 1.98. The van der Waals surface area contributed by atoms with Crippen molar-refractivity contribution >= 4 is 10.2 Å². The Kier molecular flexibility index (Phi) is 7.55. The van der Waals surface area contributed by atoms with Gasteiger partial charge in [-0.1, -0.05) is 0 Å². The zero-order chi connectivity index (χ0) is 10.3. The van der Waals surface area contributed by atoms with Crippen molar-refractivity contribution in [3.8, 4) is 0 Å². The predicted octanol–water partition coefficient (Wildman–Crippen LogP) is -0.352. The summed E-state index contributed by atoms with van der Waals surface area (Å²) in [7, 11) is 1.11. The number of hydrogen-bond acceptors (Lipinski definition) is 3. The molecular weight excluding hydrogens is 180 g/mol. The first-order valence-electron chi connectivity index (χ1n) is 5.16. The van der Waals surface area contributed by atoms with E-state index in [1.165, 1.54) is 0 Å². The van der Waals surface area contributed by atoms with E-state index in [0.29, 0.717) is 12.1 Å². The number of hydrogen-bond donors (Lipinski definition) is 2. The van der Waals surface area contributed by atoms with Gasteiger partial charge in [0.25, 0.3) is 0 Å². The van der Waals surface area contributed by atoms with Crippen LogP contribution < -0.4 is 10.6 Å². The molecule has 0 unspecified atom stereocenters. The Labute approximate surface area is 85.0 Å². The van der Waals surface area contributed by atoms with Gasteiger partial charge < -0.3 is 4.74 Å². The summed E-state index contributed by atoms with van der Waals surface area (Å²) >= 11 is 0. The number of ether oxygens (including phenoxy) is 1. The van der Waals surface area contributed by atoms with Crippen LogP contribution in [0.5, 0.6) is 0 Å². The maximum absolute atomic E-state index is 5.43. The molecule has 0 saturated heterocycles. The lowest BCUT2D eigenvalue weighted by molar-refractivity contribution is 0.129. The Morgan fingerprint density at radius 2 is 1.54 bits per heavy atom. The SMILES string of the molecule is CC(C)NC(COC[SiH3])NC(C)C. The molecule has 13 heavy (non-hydrogen) atoms. The molecule has 3 nitrogen and oxygen atoms in total. The first-order chi connectivity index (χ1) is 6.06. The summed E-state index contributed by atoms with van der Waals surface area (Å²) in [5.74, 6) is 0. The van der Waals surface area contributed by atoms with E-state index in [4.69, 9.17) is 4.74 Å². The van der Waals surface area contributed by atoms with Gasteiger partial charge in [0.05, 0.1) is 12.8 Å². The van der Waals surface area contributed by atoms with Gasteiger partial charge >= 0.3 is 0 Å². The molecule has 0 aliphatic heterocycles. The fourth-order valence-electron chi connectivity index (χ4n) is 1.18. The number of nitrogens with one attached hydrogen (secondary N) is 2. The maximum Gasteiger partial charge on any atom is 0.0816 e. The van der Waals surface area contributed by atoms with Crippen LogP contribution in [0, 0.1) is 0 Å². The van der Waals surface area contributed by atoms with Crippen molar-refractivity contribution in [2.45, 2.75) is 45.9 Å². The van der Waals surface area contributed by atoms with E-state index >= 15 is 0 Å². The Bertz CT molecular complexity index is 110. The van der Waals surface area contributed by atoms with Crippen molar-refractivity contribution < 1.29 is 4.74 Å². The third kappa shape index (κ3) is 8.43. The molecule has 0 spiro atoms. The van der Waals surface area contributed by atoms with Gasteiger partial charge in [0.1, 0.15) is 0 Å². The highest BCUT2D eigenvalue weighted by Gasteiger charge is 2.09. The van der Waals surface area contributed by atoms with Gasteiger partial charge in [-0.15, -0.1) is 0 Å². The molecule has 0 aromatic heterocycles. The summed E-state index contributed by atoms with van der Waals surface area (Å²) in [5.41, 5.74) is 0. The first-order valence-corrected chi connectivity index (χ1v) is 6.57. The van der Waals surface area contributed by atoms with Crippen LogP contribution in [0.25, 0.3) is 0 Å². The molecule has 0 rings (SSSR count). The highest BCUT2D eigenvalue weighted by atomic mass is 28.1. The zero-order valence-electron chi connectivity index (χ0n) is 9.55. The molecule has 0 atom stereocenters. The summed E-state index contributed by atoms with van der Waals surface area (Å²) in [5, 5.41) is 6.85. The molecule has 0 saturated carbocycles. The van der Waals surface area contributed by atoms with E-state index < -0.39 is 0 Å². The molecule has 0 fully saturated rings. The van der Waals surface area contributed by atoms with Crippen molar-refractivity contribution in [2.24, 2.45) is 0 Å². The summed E-state index contributed by atoms with van der Waals surface area (Å²) < 4.78 is 5.43. The van der Waals surface area contributed by atoms with Crippen molar-refractivity contribution in [1.29, 1.82) is 0 Å². The second kappa shape index (κ2) is 7.50. The molecule has 80 valence electrons. The molecule has 0 aliphatic carbocycles. The lowest BCUT2D eigenvalue weighted by Gasteiger charge is -2.24. The fourth-order valence-corrected chi connectivity index (χ4v) is 1.42. The Balaban J connectivity index is 3.73. The molecule has 0 aromatic rings. The van der Waals surface area contributed by atoms with E-state index in [2.05, 4.69) is 38.3 Å². The van der Waals surface area contributed by atoms with E-state index in [0.717, 1.165) is 23.1 Å². The van der Waals surface area contributed by atoms with E-state index in [1.807, 2.05) is 0 Å². The second-order valence-electron chi connectivity index (χ2n) is 3.85. The van der Waals surface area contributed by atoms with Crippen LogP contribution in [-0.2, 0) is 4.74 Å². The molecule has 0 bridgehead atoms. The van der Waals surface area contributed by atoms with Gasteiger partial charge in [-0.05, 0) is 27.7 Å². The third-order valence-corrected chi connectivity index (χ3v) is 1.97. The van der Waals surface area contributed by atoms with E-state index in [1.54, 1.807) is 0 Å². The van der Waals surface area contributed by atoms with Gasteiger partial charge in [-0.2, -0.15) is 0 Å². The Hall–Kier alpha value is 0.0969. The molecule has 0 aliphatic rings. The smallest absolute Gasteiger partial charge is 0.0816 e. The van der Waals surface area contributed by atoms with Crippen molar-refractivity contribution in [1.82, 2.24) is 10.6 Å². The molecule has 2 N–H and O–H groups in total. The van der Waals surface area contributed by atoms with E-state index in [9.17, 15) is 0 Å². The molecular formula is C9H24N2OSi. The zero-order valence-corrected chi connectivity index (χ0v) is 11.6. The average molecular weight is 204 g/mol. The quantitative estimate of drug-likeness (QED) is 0.439. The van der Waals surface area contributed by atoms with Crippen LogP contribution in [0.4, 0.5) is 0 Å². The van der Waals surface area contributed by atoms with Crippen LogP contribution >= 0.6 is 0 Å². The van der Waals surface area contributed by atoms with Crippen molar-refractivity contribution in [2.75, 3.05) is 12.8 Å². The topological polar surface area (TPSA) is 33.3 Å². The van der Waals surface area contributed by atoms with Gasteiger partial charge in [-0.25, -0.2) is 0 Å². The molecule has 0 aromatic carbocycles. The minimum Gasteiger partial charge on any atom is -0.383 e. The maximum atomic E-state index is 5.43. The van der Waals surface area contributed by atoms with Crippen molar-refractivity contribution in [3.63, 3.8) is 0 Å². The summed E-state index contributed by atoms with van der Waals surface area (Å²) in [6, 6.07) is 0.989. The second-order valence-corrected chi connectivity index (χ2v) is 4.43. The predicted molar refractivity (Wildman–Crippen MR) is 61.1 cm³/mol. The monoisotopic (exact) mass is 204 g/mol. The summed E-state index contributed by atoms with van der Waals surface area (Å²) in [6.07, 6.45) is 1.20. The lowest BCUT2D eigenvalue weighted by Crippen LogP contribution is -2.51. The van der Waals surface area contributed by atoms with Gasteiger partial charge in [0.2, 0.25) is 0 Å². The minimum absolute atomic E-state index is 0.286. The normalized spacial score (nSPS) is 12.2. The van der Waals surface area contributed by atoms with Crippen LogP contribution in [0.2, 0.25) is 0 Å². The molecule has 0 heterocycles. The molecule has 0 amide bonds. The summed E-state index contributed by atoms with van der Waals surface area (Å²) in [6.45, 7) is 9.36. The highest BCUT2D eigenvalue weighted by Crippen LogP contribution is 1.88. The third-order valence-electron chi connectivity index (χ3n) is 1.56. The summed E-state index contributed by atoms with van der Waals surface area (Å²) in [4.78, 5) is 0. The highest BCUT2D eigenvalue weighted by molar-refractivity contribution is 6.08. The van der Waals surface area contributed by atoms with Crippen LogP contribution in [-0.4, -0.2) is 41.3 Å². The van der Waals surface area contributed by atoms with Gasteiger partial charge in [-0.3, -0.25) is 10.6 Å². The minimum atomic E-state index is 0.286. The Morgan fingerprint density at radius 3 is 1.85 bits per heavy atom. The first kappa shape index (κ1) is 13.1. The lowest BCUT2D eigenvalue weighted by atomic mass is 10.3. The molecule has 0 radical (unpaired) electrons. The van der Waals surface area contributed by atoms with Crippen molar-refractivity contribution in [3.05, 3.63) is 0 Å². The number of rotatable bonds is 7. The standard InChI is InChI=1S/C9H24N2OSi/c1-7(2)10-9(5-12-6-13)11-8(3)4/h7-11H,5-6H2,1-4,13H3. The van der Waals surface area contributed by atoms with Gasteiger partial charge in [0.15, 0.2) is 0 Å². The van der Waals surface area contributed by atoms with Crippen LogP contribution in [0.1, 0.15) is 27.7 Å².